The second kappa shape index (κ2) is 6.61. The van der Waals surface area contributed by atoms with Crippen molar-refractivity contribution in [1.82, 2.24) is 25.1 Å². The number of likely N-dealkylation sites (tertiary alicyclic amines) is 1. The Balaban J connectivity index is 1.47. The molecule has 0 radical (unpaired) electrons. The second-order valence-corrected chi connectivity index (χ2v) is 6.93. The number of fused-ring (bicyclic) bond motifs is 3. The Kier molecular flexibility index (Phi) is 4.30. The van der Waals surface area contributed by atoms with E-state index >= 15 is 0 Å². The number of hydrogen-bond acceptors (Lipinski definition) is 7. The zero-order valence-electron chi connectivity index (χ0n) is 14.3. The summed E-state index contributed by atoms with van der Waals surface area (Å²) in [5.74, 6) is 1.95. The van der Waals surface area contributed by atoms with Gasteiger partial charge in [-0.2, -0.15) is 0 Å². The summed E-state index contributed by atoms with van der Waals surface area (Å²) in [4.78, 5) is 2.41. The summed E-state index contributed by atoms with van der Waals surface area (Å²) in [6.45, 7) is 4.19. The van der Waals surface area contributed by atoms with Crippen LogP contribution in [0.4, 0.5) is 0 Å². The predicted molar refractivity (Wildman–Crippen MR) is 89.6 cm³/mol. The fourth-order valence-electron chi connectivity index (χ4n) is 4.04. The number of tetrazole rings is 1. The lowest BCUT2D eigenvalue weighted by Crippen LogP contribution is -2.42. The lowest BCUT2D eigenvalue weighted by molar-refractivity contribution is 0.0459. The minimum absolute atomic E-state index is 0.132. The van der Waals surface area contributed by atoms with Crippen LogP contribution in [0.25, 0.3) is 0 Å². The quantitative estimate of drug-likeness (QED) is 0.818. The molecule has 0 aliphatic carbocycles. The van der Waals surface area contributed by atoms with Crippen LogP contribution in [0.2, 0.25) is 0 Å². The van der Waals surface area contributed by atoms with E-state index in [0.717, 1.165) is 44.1 Å². The van der Waals surface area contributed by atoms with E-state index < -0.39 is 0 Å². The maximum absolute atomic E-state index is 10.1. The molecule has 0 bridgehead atoms. The molecule has 3 heterocycles. The number of nitrogens with zero attached hydrogens (tertiary/aromatic N) is 5. The second-order valence-electron chi connectivity index (χ2n) is 6.93. The molecule has 8 nitrogen and oxygen atoms in total. The van der Waals surface area contributed by atoms with E-state index in [0.29, 0.717) is 6.61 Å². The molecule has 2 aliphatic rings. The monoisotopic (exact) mass is 345 g/mol. The summed E-state index contributed by atoms with van der Waals surface area (Å²) in [5, 5.41) is 21.3. The van der Waals surface area contributed by atoms with Crippen LogP contribution in [0.5, 0.6) is 11.5 Å². The maximum atomic E-state index is 10.1. The largest absolute Gasteiger partial charge is 0.497 e. The summed E-state index contributed by atoms with van der Waals surface area (Å²) in [7, 11) is 1.66. The SMILES string of the molecule is COc1ccc2c(c1)OCC1(CO)CN(CCCn3cnnn3)CC21. The minimum Gasteiger partial charge on any atom is -0.497 e. The highest BCUT2D eigenvalue weighted by atomic mass is 16.5. The van der Waals surface area contributed by atoms with Crippen molar-refractivity contribution in [3.05, 3.63) is 30.1 Å². The molecule has 0 amide bonds. The van der Waals surface area contributed by atoms with Crippen LogP contribution < -0.4 is 9.47 Å². The van der Waals surface area contributed by atoms with Gasteiger partial charge in [0.2, 0.25) is 0 Å². The van der Waals surface area contributed by atoms with E-state index in [1.807, 2.05) is 12.1 Å². The number of ether oxygens (including phenoxy) is 2. The normalized spacial score (nSPS) is 25.3. The molecule has 1 N–H and O–H groups in total. The minimum atomic E-state index is -0.226. The molecule has 2 aliphatic heterocycles. The van der Waals surface area contributed by atoms with E-state index in [1.54, 1.807) is 18.1 Å². The van der Waals surface area contributed by atoms with Gasteiger partial charge in [0, 0.05) is 37.0 Å². The fourth-order valence-corrected chi connectivity index (χ4v) is 4.04. The van der Waals surface area contributed by atoms with E-state index in [-0.39, 0.29) is 17.9 Å². The van der Waals surface area contributed by atoms with Crippen molar-refractivity contribution in [1.29, 1.82) is 0 Å². The molecule has 2 aromatic rings. The molecule has 2 unspecified atom stereocenters. The van der Waals surface area contributed by atoms with Gasteiger partial charge in [-0.15, -0.1) is 5.10 Å². The molecule has 1 saturated heterocycles. The highest BCUT2D eigenvalue weighted by Crippen LogP contribution is 2.50. The van der Waals surface area contributed by atoms with Gasteiger partial charge in [-0.3, -0.25) is 0 Å². The van der Waals surface area contributed by atoms with Crippen LogP contribution >= 0.6 is 0 Å². The first-order valence-corrected chi connectivity index (χ1v) is 8.59. The predicted octanol–water partition coefficient (Wildman–Crippen LogP) is 0.542. The molecule has 8 heteroatoms. The fraction of sp³-hybridized carbons (Fsp3) is 0.588. The molecule has 134 valence electrons. The van der Waals surface area contributed by atoms with Crippen molar-refractivity contribution in [2.45, 2.75) is 18.9 Å². The van der Waals surface area contributed by atoms with Gasteiger partial charge in [0.15, 0.2) is 0 Å². The highest BCUT2D eigenvalue weighted by Gasteiger charge is 2.50. The number of benzene rings is 1. The van der Waals surface area contributed by atoms with Gasteiger partial charge in [0.25, 0.3) is 0 Å². The van der Waals surface area contributed by atoms with Crippen LogP contribution in [0.3, 0.4) is 0 Å². The third-order valence-corrected chi connectivity index (χ3v) is 5.40. The molecule has 25 heavy (non-hydrogen) atoms. The van der Waals surface area contributed by atoms with E-state index in [9.17, 15) is 5.11 Å². The Bertz CT molecular complexity index is 723. The van der Waals surface area contributed by atoms with Gasteiger partial charge in [-0.1, -0.05) is 6.07 Å². The Labute approximate surface area is 146 Å². The van der Waals surface area contributed by atoms with Crippen molar-refractivity contribution in [3.63, 3.8) is 0 Å². The number of aromatic nitrogens is 4. The third kappa shape index (κ3) is 2.96. The first-order chi connectivity index (χ1) is 12.2. The molecular weight excluding hydrogens is 322 g/mol. The molecule has 1 aromatic carbocycles. The summed E-state index contributed by atoms with van der Waals surface area (Å²) in [6, 6.07) is 5.99. The van der Waals surface area contributed by atoms with Crippen molar-refractivity contribution < 1.29 is 14.6 Å². The first-order valence-electron chi connectivity index (χ1n) is 8.59. The van der Waals surface area contributed by atoms with E-state index in [4.69, 9.17) is 9.47 Å². The van der Waals surface area contributed by atoms with Gasteiger partial charge in [0.05, 0.1) is 20.3 Å². The number of methoxy groups -OCH3 is 1. The van der Waals surface area contributed by atoms with Crippen LogP contribution in [0.1, 0.15) is 17.9 Å². The molecular formula is C17H23N5O3. The lowest BCUT2D eigenvalue weighted by atomic mass is 9.74. The molecule has 1 aromatic heterocycles. The molecule has 2 atom stereocenters. The van der Waals surface area contributed by atoms with Gasteiger partial charge >= 0.3 is 0 Å². The van der Waals surface area contributed by atoms with Crippen molar-refractivity contribution in [3.8, 4) is 11.5 Å². The topological polar surface area (TPSA) is 85.5 Å². The number of aliphatic hydroxyl groups is 1. The number of hydrogen-bond donors (Lipinski definition) is 1. The van der Waals surface area contributed by atoms with Gasteiger partial charge < -0.3 is 19.5 Å². The van der Waals surface area contributed by atoms with Crippen molar-refractivity contribution >= 4 is 0 Å². The van der Waals surface area contributed by atoms with Crippen LogP contribution in [-0.2, 0) is 6.54 Å². The zero-order valence-corrected chi connectivity index (χ0v) is 14.3. The number of rotatable bonds is 6. The lowest BCUT2D eigenvalue weighted by Gasteiger charge is -2.38. The molecule has 4 rings (SSSR count). The Hall–Kier alpha value is -2.19. The average Bonchev–Trinajstić information content (AvgIpc) is 3.29. The molecule has 0 spiro atoms. The van der Waals surface area contributed by atoms with Crippen LogP contribution in [0, 0.1) is 5.41 Å². The number of aryl methyl sites for hydroxylation is 1. The average molecular weight is 345 g/mol. The van der Waals surface area contributed by atoms with Gasteiger partial charge in [-0.05, 0) is 35.0 Å². The number of aliphatic hydroxyl groups excluding tert-OH is 1. The van der Waals surface area contributed by atoms with E-state index in [1.165, 1.54) is 5.56 Å². The van der Waals surface area contributed by atoms with Crippen LogP contribution in [-0.4, -0.2) is 70.2 Å². The highest BCUT2D eigenvalue weighted by molar-refractivity contribution is 5.46. The standard InChI is InChI=1S/C17H23N5O3/c1-24-13-3-4-14-15-8-21(5-2-6-22-12-18-19-20-22)9-17(15,10-23)11-25-16(14)7-13/h3-4,7,12,15,23H,2,5-6,8-11H2,1H3. The summed E-state index contributed by atoms with van der Waals surface area (Å²) in [5.41, 5.74) is 0.945. The van der Waals surface area contributed by atoms with Gasteiger partial charge in [-0.25, -0.2) is 4.68 Å². The Morgan fingerprint density at radius 1 is 1.40 bits per heavy atom. The summed E-state index contributed by atoms with van der Waals surface area (Å²) < 4.78 is 13.0. The zero-order chi connectivity index (χ0) is 17.3. The van der Waals surface area contributed by atoms with Crippen molar-refractivity contribution in [2.24, 2.45) is 5.41 Å². The van der Waals surface area contributed by atoms with Gasteiger partial charge in [0.1, 0.15) is 17.8 Å². The van der Waals surface area contributed by atoms with E-state index in [2.05, 4.69) is 26.5 Å². The summed E-state index contributed by atoms with van der Waals surface area (Å²) in [6.07, 6.45) is 2.60. The third-order valence-electron chi connectivity index (χ3n) is 5.40. The van der Waals surface area contributed by atoms with Crippen LogP contribution in [0.15, 0.2) is 24.5 Å². The van der Waals surface area contributed by atoms with Crippen molar-refractivity contribution in [2.75, 3.05) is 40.0 Å². The first kappa shape index (κ1) is 16.3. The Morgan fingerprint density at radius 3 is 3.08 bits per heavy atom. The molecule has 0 saturated carbocycles. The smallest absolute Gasteiger partial charge is 0.138 e. The summed E-state index contributed by atoms with van der Waals surface area (Å²) >= 11 is 0. The maximum Gasteiger partial charge on any atom is 0.138 e. The Morgan fingerprint density at radius 2 is 2.32 bits per heavy atom. The molecule has 1 fully saturated rings.